The number of benzene rings is 2. The van der Waals surface area contributed by atoms with Crippen LogP contribution in [0.4, 0.5) is 0 Å². The van der Waals surface area contributed by atoms with Crippen LogP contribution in [0.15, 0.2) is 53.6 Å². The molecule has 2 aromatic carbocycles. The first-order valence-corrected chi connectivity index (χ1v) is 5.80. The van der Waals surface area contributed by atoms with Gasteiger partial charge in [0.15, 0.2) is 0 Å². The maximum atomic E-state index is 5.76. The highest BCUT2D eigenvalue weighted by molar-refractivity contribution is 5.79. The van der Waals surface area contributed by atoms with E-state index in [-0.39, 0.29) is 0 Å². The monoisotopic (exact) mass is 240 g/mol. The first-order valence-electron chi connectivity index (χ1n) is 5.80. The molecule has 3 nitrogen and oxygen atoms in total. The highest BCUT2D eigenvalue weighted by atomic mass is 16.5. The lowest BCUT2D eigenvalue weighted by Gasteiger charge is -2.08. The van der Waals surface area contributed by atoms with Crippen molar-refractivity contribution in [2.24, 2.45) is 10.9 Å². The zero-order valence-corrected chi connectivity index (χ0v) is 10.3. The van der Waals surface area contributed by atoms with Crippen LogP contribution in [0.5, 0.6) is 5.75 Å². The lowest BCUT2D eigenvalue weighted by molar-refractivity contribution is 0.305. The Kier molecular flexibility index (Phi) is 3.97. The van der Waals surface area contributed by atoms with Crippen LogP contribution in [-0.2, 0) is 6.61 Å². The number of hydrogen-bond acceptors (Lipinski definition) is 3. The van der Waals surface area contributed by atoms with Gasteiger partial charge >= 0.3 is 0 Å². The number of rotatable bonds is 4. The second-order valence-corrected chi connectivity index (χ2v) is 4.07. The average molecular weight is 240 g/mol. The summed E-state index contributed by atoms with van der Waals surface area (Å²) in [4.78, 5) is 0. The van der Waals surface area contributed by atoms with Gasteiger partial charge in [0.2, 0.25) is 0 Å². The molecule has 2 aromatic rings. The molecule has 0 heterocycles. The Balaban J connectivity index is 2.06. The van der Waals surface area contributed by atoms with Gasteiger partial charge in [-0.1, -0.05) is 36.4 Å². The van der Waals surface area contributed by atoms with Gasteiger partial charge in [0, 0.05) is 0 Å². The average Bonchev–Trinajstić information content (AvgIpc) is 2.39. The Hall–Kier alpha value is -2.29. The molecule has 0 atom stereocenters. The molecule has 0 saturated heterocycles. The van der Waals surface area contributed by atoms with Crippen LogP contribution in [0, 0.1) is 6.92 Å². The molecule has 0 amide bonds. The van der Waals surface area contributed by atoms with E-state index >= 15 is 0 Å². The van der Waals surface area contributed by atoms with Crippen molar-refractivity contribution in [3.05, 3.63) is 65.2 Å². The number of nitrogens with zero attached hydrogens (tertiary/aromatic N) is 1. The molecule has 0 bridgehead atoms. The summed E-state index contributed by atoms with van der Waals surface area (Å²) < 4.78 is 5.76. The van der Waals surface area contributed by atoms with Crippen molar-refractivity contribution >= 4 is 6.21 Å². The summed E-state index contributed by atoms with van der Waals surface area (Å²) in [6.45, 7) is 2.64. The molecule has 0 unspecified atom stereocenters. The fraction of sp³-hybridized carbons (Fsp3) is 0.133. The number of ether oxygens (including phenoxy) is 1. The van der Waals surface area contributed by atoms with Gasteiger partial charge in [-0.3, -0.25) is 0 Å². The molecule has 0 fully saturated rings. The first kappa shape index (κ1) is 12.2. The van der Waals surface area contributed by atoms with Crippen molar-refractivity contribution < 1.29 is 4.74 Å². The molecule has 2 rings (SSSR count). The smallest absolute Gasteiger partial charge is 0.120 e. The van der Waals surface area contributed by atoms with Crippen molar-refractivity contribution in [2.45, 2.75) is 13.5 Å². The molecule has 92 valence electrons. The number of hydrazone groups is 1. The molecule has 0 aliphatic rings. The third-order valence-corrected chi connectivity index (χ3v) is 2.74. The van der Waals surface area contributed by atoms with Crippen LogP contribution in [0.25, 0.3) is 0 Å². The van der Waals surface area contributed by atoms with E-state index in [1.165, 1.54) is 11.1 Å². The number of aryl methyl sites for hydroxylation is 1. The maximum absolute atomic E-state index is 5.76. The van der Waals surface area contributed by atoms with E-state index < -0.39 is 0 Å². The predicted octanol–water partition coefficient (Wildman–Crippen LogP) is 2.87. The van der Waals surface area contributed by atoms with Gasteiger partial charge in [0.05, 0.1) is 6.21 Å². The van der Waals surface area contributed by atoms with Crippen LogP contribution in [0.3, 0.4) is 0 Å². The standard InChI is InChI=1S/C15H16N2O/c1-12-5-2-3-7-14(12)11-18-15-8-4-6-13(9-15)10-17-16/h2-10H,11,16H2,1H3. The zero-order chi connectivity index (χ0) is 12.8. The van der Waals surface area contributed by atoms with E-state index in [0.717, 1.165) is 11.3 Å². The molecular weight excluding hydrogens is 224 g/mol. The zero-order valence-electron chi connectivity index (χ0n) is 10.3. The summed E-state index contributed by atoms with van der Waals surface area (Å²) in [5.74, 6) is 5.94. The van der Waals surface area contributed by atoms with Gasteiger partial charge in [-0.2, -0.15) is 5.10 Å². The molecule has 18 heavy (non-hydrogen) atoms. The van der Waals surface area contributed by atoms with Crippen LogP contribution in [0.1, 0.15) is 16.7 Å². The van der Waals surface area contributed by atoms with Crippen molar-refractivity contribution in [2.75, 3.05) is 0 Å². The highest BCUT2D eigenvalue weighted by Gasteiger charge is 1.99. The third-order valence-electron chi connectivity index (χ3n) is 2.74. The van der Waals surface area contributed by atoms with Crippen molar-refractivity contribution in [1.82, 2.24) is 0 Å². The minimum atomic E-state index is 0.565. The van der Waals surface area contributed by atoms with Crippen LogP contribution in [0.2, 0.25) is 0 Å². The molecule has 0 saturated carbocycles. The fourth-order valence-corrected chi connectivity index (χ4v) is 1.70. The largest absolute Gasteiger partial charge is 0.489 e. The second kappa shape index (κ2) is 5.87. The van der Waals surface area contributed by atoms with E-state index in [4.69, 9.17) is 10.6 Å². The molecule has 0 aromatic heterocycles. The van der Waals surface area contributed by atoms with Gasteiger partial charge in [-0.15, -0.1) is 0 Å². The van der Waals surface area contributed by atoms with E-state index in [1.807, 2.05) is 36.4 Å². The summed E-state index contributed by atoms with van der Waals surface area (Å²) in [5.41, 5.74) is 3.35. The Morgan fingerprint density at radius 2 is 2.00 bits per heavy atom. The normalized spacial score (nSPS) is 10.7. The van der Waals surface area contributed by atoms with E-state index in [1.54, 1.807) is 6.21 Å². The van der Waals surface area contributed by atoms with Gasteiger partial charge in [0.1, 0.15) is 12.4 Å². The minimum Gasteiger partial charge on any atom is -0.489 e. The lowest BCUT2D eigenvalue weighted by atomic mass is 10.1. The Morgan fingerprint density at radius 1 is 1.17 bits per heavy atom. The van der Waals surface area contributed by atoms with E-state index in [0.29, 0.717) is 6.61 Å². The first-order chi connectivity index (χ1) is 8.79. The number of nitrogens with two attached hydrogens (primary N) is 1. The highest BCUT2D eigenvalue weighted by Crippen LogP contribution is 2.15. The molecule has 3 heteroatoms. The topological polar surface area (TPSA) is 47.6 Å². The second-order valence-electron chi connectivity index (χ2n) is 4.07. The lowest BCUT2D eigenvalue weighted by Crippen LogP contribution is -1.98. The Bertz CT molecular complexity index is 550. The van der Waals surface area contributed by atoms with Crippen LogP contribution in [-0.4, -0.2) is 6.21 Å². The summed E-state index contributed by atoms with van der Waals surface area (Å²) in [6.07, 6.45) is 1.60. The Morgan fingerprint density at radius 3 is 2.78 bits per heavy atom. The summed E-state index contributed by atoms with van der Waals surface area (Å²) in [6, 6.07) is 15.9. The minimum absolute atomic E-state index is 0.565. The molecule has 2 N–H and O–H groups in total. The van der Waals surface area contributed by atoms with Gasteiger partial charge in [-0.25, -0.2) is 0 Å². The SMILES string of the molecule is Cc1ccccc1COc1cccc(C=NN)c1. The van der Waals surface area contributed by atoms with Crippen molar-refractivity contribution in [3.63, 3.8) is 0 Å². The van der Waals surface area contributed by atoms with Gasteiger partial charge < -0.3 is 10.6 Å². The number of hydrogen-bond donors (Lipinski definition) is 1. The van der Waals surface area contributed by atoms with Crippen LogP contribution < -0.4 is 10.6 Å². The van der Waals surface area contributed by atoms with Crippen LogP contribution >= 0.6 is 0 Å². The van der Waals surface area contributed by atoms with Crippen molar-refractivity contribution in [1.29, 1.82) is 0 Å². The maximum Gasteiger partial charge on any atom is 0.120 e. The quantitative estimate of drug-likeness (QED) is 0.507. The third kappa shape index (κ3) is 3.10. The summed E-state index contributed by atoms with van der Waals surface area (Å²) in [5, 5.41) is 3.50. The summed E-state index contributed by atoms with van der Waals surface area (Å²) in [7, 11) is 0. The Labute approximate surface area is 107 Å². The molecule has 0 aliphatic carbocycles. The van der Waals surface area contributed by atoms with Gasteiger partial charge in [0.25, 0.3) is 0 Å². The molecule has 0 radical (unpaired) electrons. The van der Waals surface area contributed by atoms with Gasteiger partial charge in [-0.05, 0) is 35.7 Å². The molecule has 0 spiro atoms. The van der Waals surface area contributed by atoms with E-state index in [2.05, 4.69) is 24.2 Å². The molecule has 0 aliphatic heterocycles. The fourth-order valence-electron chi connectivity index (χ4n) is 1.70. The van der Waals surface area contributed by atoms with Crippen molar-refractivity contribution in [3.8, 4) is 5.75 Å². The van der Waals surface area contributed by atoms with E-state index in [9.17, 15) is 0 Å². The predicted molar refractivity (Wildman–Crippen MR) is 73.7 cm³/mol. The summed E-state index contributed by atoms with van der Waals surface area (Å²) >= 11 is 0. The molecular formula is C15H16N2O.